The lowest BCUT2D eigenvalue weighted by Gasteiger charge is -2.17. The number of benzene rings is 3. The second-order valence-corrected chi connectivity index (χ2v) is 8.98. The smallest absolute Gasteiger partial charge is 0.343 e. The van der Waals surface area contributed by atoms with Gasteiger partial charge in [0.15, 0.2) is 12.4 Å². The maximum atomic E-state index is 12.6. The van der Waals surface area contributed by atoms with Gasteiger partial charge >= 0.3 is 17.9 Å². The first kappa shape index (κ1) is 27.3. The van der Waals surface area contributed by atoms with Crippen LogP contribution in [0.4, 0.5) is 5.69 Å². The Morgan fingerprint density at radius 3 is 2.03 bits per heavy atom. The summed E-state index contributed by atoms with van der Waals surface area (Å²) in [6.45, 7) is 3.50. The molecule has 1 atom stereocenters. The van der Waals surface area contributed by atoms with E-state index in [9.17, 15) is 24.0 Å². The third-order valence-corrected chi connectivity index (χ3v) is 6.17. The maximum absolute atomic E-state index is 12.6. The molecule has 0 bridgehead atoms. The van der Waals surface area contributed by atoms with Gasteiger partial charge in [0.1, 0.15) is 5.75 Å². The Hall–Kier alpha value is -4.79. The summed E-state index contributed by atoms with van der Waals surface area (Å²) in [5.74, 6) is -2.77. The van der Waals surface area contributed by atoms with Crippen molar-refractivity contribution < 1.29 is 38.2 Å². The van der Waals surface area contributed by atoms with Crippen LogP contribution in [0.5, 0.6) is 5.75 Å². The number of hydrogen-bond acceptors (Lipinski definition) is 8. The average molecular weight is 530 g/mol. The Balaban J connectivity index is 1.27. The quantitative estimate of drug-likeness (QED) is 0.230. The Kier molecular flexibility index (Phi) is 8.50. The normalized spacial score (nSPS) is 14.6. The molecule has 39 heavy (non-hydrogen) atoms. The van der Waals surface area contributed by atoms with Gasteiger partial charge in [0.2, 0.25) is 5.91 Å². The first-order valence-electron chi connectivity index (χ1n) is 12.4. The van der Waals surface area contributed by atoms with Crippen LogP contribution in [0.25, 0.3) is 0 Å². The van der Waals surface area contributed by atoms with Crippen LogP contribution in [0.2, 0.25) is 0 Å². The zero-order chi connectivity index (χ0) is 27.9. The van der Waals surface area contributed by atoms with Gasteiger partial charge in [-0.25, -0.2) is 9.59 Å². The zero-order valence-corrected chi connectivity index (χ0v) is 21.5. The number of ether oxygens (including phenoxy) is 3. The van der Waals surface area contributed by atoms with Crippen molar-refractivity contribution in [2.45, 2.75) is 20.3 Å². The molecule has 0 aliphatic carbocycles. The molecule has 0 saturated carbocycles. The summed E-state index contributed by atoms with van der Waals surface area (Å²) in [6.07, 6.45) is -0.0479. The topological polar surface area (TPSA) is 116 Å². The molecule has 0 unspecified atom stereocenters. The highest BCUT2D eigenvalue weighted by Crippen LogP contribution is 2.26. The number of aryl methyl sites for hydroxylation is 1. The number of amides is 1. The predicted octanol–water partition coefficient (Wildman–Crippen LogP) is 4.17. The number of rotatable bonds is 9. The van der Waals surface area contributed by atoms with Crippen LogP contribution < -0.4 is 9.64 Å². The molecule has 1 aliphatic heterocycles. The second-order valence-electron chi connectivity index (χ2n) is 8.98. The summed E-state index contributed by atoms with van der Waals surface area (Å²) in [4.78, 5) is 63.1. The van der Waals surface area contributed by atoms with Crippen LogP contribution in [-0.4, -0.2) is 49.4 Å². The molecule has 9 heteroatoms. The first-order chi connectivity index (χ1) is 18.7. The van der Waals surface area contributed by atoms with Gasteiger partial charge in [0.25, 0.3) is 0 Å². The fraction of sp³-hybridized carbons (Fsp3) is 0.233. The monoisotopic (exact) mass is 529 g/mol. The molecule has 3 aromatic carbocycles. The van der Waals surface area contributed by atoms with E-state index in [4.69, 9.17) is 14.2 Å². The molecule has 1 fully saturated rings. The van der Waals surface area contributed by atoms with Crippen molar-refractivity contribution in [3.05, 3.63) is 95.1 Å². The highest BCUT2D eigenvalue weighted by atomic mass is 16.5. The second kappa shape index (κ2) is 12.2. The van der Waals surface area contributed by atoms with Gasteiger partial charge in [-0.3, -0.25) is 14.4 Å². The molecule has 0 radical (unpaired) electrons. The van der Waals surface area contributed by atoms with Gasteiger partial charge in [-0.1, -0.05) is 17.7 Å². The van der Waals surface area contributed by atoms with E-state index in [0.717, 1.165) is 5.56 Å². The predicted molar refractivity (Wildman–Crippen MR) is 141 cm³/mol. The van der Waals surface area contributed by atoms with Crippen LogP contribution in [0, 0.1) is 12.8 Å². The molecule has 1 aliphatic rings. The molecule has 4 rings (SSSR count). The van der Waals surface area contributed by atoms with Gasteiger partial charge < -0.3 is 19.1 Å². The number of Topliss-reactive ketones (excluding diaryl/α,β-unsaturated/α-hetero) is 1. The minimum absolute atomic E-state index is 0.0479. The fourth-order valence-corrected chi connectivity index (χ4v) is 4.01. The van der Waals surface area contributed by atoms with Crippen molar-refractivity contribution in [1.82, 2.24) is 0 Å². The van der Waals surface area contributed by atoms with Crippen LogP contribution >= 0.6 is 0 Å². The molecule has 0 N–H and O–H groups in total. The molecule has 1 amide bonds. The van der Waals surface area contributed by atoms with Crippen molar-refractivity contribution in [2.24, 2.45) is 5.92 Å². The summed E-state index contributed by atoms with van der Waals surface area (Å²) in [5, 5.41) is 0. The van der Waals surface area contributed by atoms with E-state index in [1.165, 1.54) is 29.2 Å². The van der Waals surface area contributed by atoms with Gasteiger partial charge in [-0.05, 0) is 74.5 Å². The number of nitrogens with zero attached hydrogens (tertiary/aromatic N) is 1. The molecular formula is C30H27NO8. The van der Waals surface area contributed by atoms with Crippen LogP contribution in [0.1, 0.15) is 50.0 Å². The molecule has 0 spiro atoms. The number of anilines is 1. The minimum atomic E-state index is -0.724. The summed E-state index contributed by atoms with van der Waals surface area (Å²) >= 11 is 0. The van der Waals surface area contributed by atoms with Crippen LogP contribution in [0.3, 0.4) is 0 Å². The molecule has 9 nitrogen and oxygen atoms in total. The Morgan fingerprint density at radius 2 is 1.38 bits per heavy atom. The van der Waals surface area contributed by atoms with E-state index in [-0.39, 0.29) is 36.8 Å². The van der Waals surface area contributed by atoms with Gasteiger partial charge in [0.05, 0.1) is 23.7 Å². The van der Waals surface area contributed by atoms with Crippen molar-refractivity contribution in [3.63, 3.8) is 0 Å². The summed E-state index contributed by atoms with van der Waals surface area (Å²) in [7, 11) is 0. The van der Waals surface area contributed by atoms with E-state index in [2.05, 4.69) is 0 Å². The van der Waals surface area contributed by atoms with E-state index >= 15 is 0 Å². The van der Waals surface area contributed by atoms with Crippen LogP contribution in [0.15, 0.2) is 72.8 Å². The maximum Gasteiger partial charge on any atom is 0.343 e. The molecule has 200 valence electrons. The van der Waals surface area contributed by atoms with Crippen molar-refractivity contribution in [3.8, 4) is 5.75 Å². The lowest BCUT2D eigenvalue weighted by molar-refractivity contribution is -0.147. The highest BCUT2D eigenvalue weighted by Gasteiger charge is 2.36. The third-order valence-electron chi connectivity index (χ3n) is 6.17. The first-order valence-corrected chi connectivity index (χ1v) is 12.4. The Morgan fingerprint density at radius 1 is 0.795 bits per heavy atom. The zero-order valence-electron chi connectivity index (χ0n) is 21.5. The van der Waals surface area contributed by atoms with Gasteiger partial charge in [-0.15, -0.1) is 0 Å². The van der Waals surface area contributed by atoms with Crippen molar-refractivity contribution in [2.75, 3.05) is 24.7 Å². The molecule has 1 heterocycles. The van der Waals surface area contributed by atoms with Gasteiger partial charge in [-0.2, -0.15) is 0 Å². The largest absolute Gasteiger partial charge is 0.462 e. The van der Waals surface area contributed by atoms with E-state index < -0.39 is 36.2 Å². The Bertz CT molecular complexity index is 1380. The SMILES string of the molecule is CCOC(=O)c1ccc(N2C[C@H](C(=O)OCC(=O)c3ccc(OC(=O)c4ccc(C)cc4)cc3)CC2=O)cc1. The van der Waals surface area contributed by atoms with E-state index in [0.29, 0.717) is 16.8 Å². The van der Waals surface area contributed by atoms with Crippen LogP contribution in [-0.2, 0) is 19.1 Å². The fourth-order valence-electron chi connectivity index (χ4n) is 4.01. The summed E-state index contributed by atoms with van der Waals surface area (Å²) < 4.78 is 15.5. The third kappa shape index (κ3) is 6.75. The van der Waals surface area contributed by atoms with E-state index in [1.807, 2.05) is 19.1 Å². The van der Waals surface area contributed by atoms with Crippen molar-refractivity contribution in [1.29, 1.82) is 0 Å². The minimum Gasteiger partial charge on any atom is -0.462 e. The number of carbonyl (C=O) groups is 5. The summed E-state index contributed by atoms with van der Waals surface area (Å²) in [6, 6.07) is 19.2. The lowest BCUT2D eigenvalue weighted by Crippen LogP contribution is -2.27. The number of esters is 3. The Labute approximate surface area is 225 Å². The van der Waals surface area contributed by atoms with E-state index in [1.54, 1.807) is 43.3 Å². The summed E-state index contributed by atoms with van der Waals surface area (Å²) in [5.41, 5.74) is 2.62. The number of hydrogen-bond donors (Lipinski definition) is 0. The number of carbonyl (C=O) groups excluding carboxylic acids is 5. The molecule has 3 aromatic rings. The molecule has 1 saturated heterocycles. The number of ketones is 1. The highest BCUT2D eigenvalue weighted by molar-refractivity contribution is 6.01. The molecule has 0 aromatic heterocycles. The average Bonchev–Trinajstić information content (AvgIpc) is 3.34. The van der Waals surface area contributed by atoms with Crippen molar-refractivity contribution >= 4 is 35.3 Å². The lowest BCUT2D eigenvalue weighted by atomic mass is 10.1. The standard InChI is InChI=1S/C30H27NO8/c1-3-37-28(34)21-8-12-24(13-9-21)31-17-23(16-27(31)33)29(35)38-18-26(32)20-10-14-25(15-11-20)39-30(36)22-6-4-19(2)5-7-22/h4-15,23H,3,16-18H2,1-2H3/t23-/m1/s1. The van der Waals surface area contributed by atoms with Gasteiger partial charge in [0, 0.05) is 24.2 Å². The molecular weight excluding hydrogens is 502 g/mol.